The van der Waals surface area contributed by atoms with Crippen molar-refractivity contribution >= 4 is 5.97 Å². The second-order valence-corrected chi connectivity index (χ2v) is 4.31. The van der Waals surface area contributed by atoms with E-state index in [9.17, 15) is 4.79 Å². The Labute approximate surface area is 117 Å². The number of rotatable bonds is 6. The maximum Gasteiger partial charge on any atom is 0.335 e. The lowest BCUT2D eigenvalue weighted by atomic mass is 10.1. The van der Waals surface area contributed by atoms with Crippen molar-refractivity contribution in [2.75, 3.05) is 7.11 Å². The quantitative estimate of drug-likeness (QED) is 0.842. The zero-order valence-electron chi connectivity index (χ0n) is 11.2. The van der Waals surface area contributed by atoms with E-state index in [0.717, 1.165) is 11.1 Å². The van der Waals surface area contributed by atoms with Crippen molar-refractivity contribution in [1.29, 1.82) is 0 Å². The zero-order valence-corrected chi connectivity index (χ0v) is 11.2. The molecule has 2 rings (SSSR count). The molecule has 1 aromatic heterocycles. The molecule has 2 N–H and O–H groups in total. The van der Waals surface area contributed by atoms with Gasteiger partial charge in [-0.2, -0.15) is 0 Å². The van der Waals surface area contributed by atoms with Gasteiger partial charge in [-0.3, -0.25) is 0 Å². The van der Waals surface area contributed by atoms with Gasteiger partial charge in [-0.25, -0.2) is 9.78 Å². The third-order valence-corrected chi connectivity index (χ3v) is 2.87. The predicted molar refractivity (Wildman–Crippen MR) is 74.7 cm³/mol. The summed E-state index contributed by atoms with van der Waals surface area (Å²) in [4.78, 5) is 14.8. The number of hydrogen-bond acceptors (Lipinski definition) is 4. The van der Waals surface area contributed by atoms with E-state index in [1.54, 1.807) is 25.4 Å². The van der Waals surface area contributed by atoms with Crippen LogP contribution in [0, 0.1) is 0 Å². The SMILES string of the molecule is COc1cc(CNCc2ccc(C(=O)O)cc2)ccn1. The number of aromatic carboxylic acids is 1. The van der Waals surface area contributed by atoms with Gasteiger partial charge in [0.25, 0.3) is 0 Å². The summed E-state index contributed by atoms with van der Waals surface area (Å²) in [6.07, 6.45) is 1.71. The van der Waals surface area contributed by atoms with Crippen LogP contribution in [0.25, 0.3) is 0 Å². The minimum atomic E-state index is -0.909. The Morgan fingerprint density at radius 3 is 2.55 bits per heavy atom. The Morgan fingerprint density at radius 2 is 1.90 bits per heavy atom. The van der Waals surface area contributed by atoms with Crippen LogP contribution in [0.3, 0.4) is 0 Å². The standard InChI is InChI=1S/C15H16N2O3/c1-20-14-8-12(6-7-17-14)10-16-9-11-2-4-13(5-3-11)15(18)19/h2-8,16H,9-10H2,1H3,(H,18,19). The number of carboxylic acids is 1. The lowest BCUT2D eigenvalue weighted by molar-refractivity contribution is 0.0697. The predicted octanol–water partition coefficient (Wildman–Crippen LogP) is 2.08. The summed E-state index contributed by atoms with van der Waals surface area (Å²) in [5.41, 5.74) is 2.42. The number of nitrogens with zero attached hydrogens (tertiary/aromatic N) is 1. The second-order valence-electron chi connectivity index (χ2n) is 4.31. The number of ether oxygens (including phenoxy) is 1. The van der Waals surface area contributed by atoms with Crippen LogP contribution < -0.4 is 10.1 Å². The molecule has 0 spiro atoms. The van der Waals surface area contributed by atoms with Crippen LogP contribution in [0.5, 0.6) is 5.88 Å². The summed E-state index contributed by atoms with van der Waals surface area (Å²) < 4.78 is 5.06. The molecule has 0 saturated heterocycles. The maximum atomic E-state index is 10.7. The third-order valence-electron chi connectivity index (χ3n) is 2.87. The Balaban J connectivity index is 1.87. The van der Waals surface area contributed by atoms with Crippen molar-refractivity contribution in [3.63, 3.8) is 0 Å². The van der Waals surface area contributed by atoms with Crippen molar-refractivity contribution in [2.24, 2.45) is 0 Å². The Hall–Kier alpha value is -2.40. The number of hydrogen-bond donors (Lipinski definition) is 2. The number of methoxy groups -OCH3 is 1. The average Bonchev–Trinajstić information content (AvgIpc) is 2.48. The van der Waals surface area contributed by atoms with Gasteiger partial charge in [0, 0.05) is 25.4 Å². The Kier molecular flexibility index (Phi) is 4.68. The second kappa shape index (κ2) is 6.68. The van der Waals surface area contributed by atoms with E-state index < -0.39 is 5.97 Å². The van der Waals surface area contributed by atoms with Crippen LogP contribution in [-0.4, -0.2) is 23.2 Å². The monoisotopic (exact) mass is 272 g/mol. The number of pyridine rings is 1. The fraction of sp³-hybridized carbons (Fsp3) is 0.200. The molecule has 20 heavy (non-hydrogen) atoms. The molecule has 5 heteroatoms. The van der Waals surface area contributed by atoms with E-state index in [2.05, 4.69) is 10.3 Å². The third kappa shape index (κ3) is 3.80. The maximum absolute atomic E-state index is 10.7. The van der Waals surface area contributed by atoms with E-state index >= 15 is 0 Å². The summed E-state index contributed by atoms with van der Waals surface area (Å²) in [7, 11) is 1.59. The highest BCUT2D eigenvalue weighted by Crippen LogP contribution is 2.09. The first-order valence-corrected chi connectivity index (χ1v) is 6.21. The summed E-state index contributed by atoms with van der Waals surface area (Å²) in [6.45, 7) is 1.37. The van der Waals surface area contributed by atoms with Crippen molar-refractivity contribution in [3.05, 3.63) is 59.3 Å². The highest BCUT2D eigenvalue weighted by atomic mass is 16.5. The van der Waals surface area contributed by atoms with Gasteiger partial charge in [0.1, 0.15) is 0 Å². The minimum Gasteiger partial charge on any atom is -0.481 e. The number of benzene rings is 1. The number of carboxylic acid groups (broad SMARTS) is 1. The lowest BCUT2D eigenvalue weighted by Gasteiger charge is -2.06. The summed E-state index contributed by atoms with van der Waals surface area (Å²) in [5.74, 6) is -0.316. The van der Waals surface area contributed by atoms with Crippen LogP contribution >= 0.6 is 0 Å². The van der Waals surface area contributed by atoms with Gasteiger partial charge in [0.05, 0.1) is 12.7 Å². The average molecular weight is 272 g/mol. The molecule has 5 nitrogen and oxygen atoms in total. The van der Waals surface area contributed by atoms with Gasteiger partial charge in [-0.05, 0) is 29.3 Å². The normalized spacial score (nSPS) is 10.2. The first kappa shape index (κ1) is 14.0. The van der Waals surface area contributed by atoms with Crippen molar-refractivity contribution in [1.82, 2.24) is 10.3 Å². The lowest BCUT2D eigenvalue weighted by Crippen LogP contribution is -2.13. The molecule has 0 aliphatic carbocycles. The van der Waals surface area contributed by atoms with Gasteiger partial charge in [0.15, 0.2) is 0 Å². The molecule has 104 valence electrons. The van der Waals surface area contributed by atoms with E-state index in [-0.39, 0.29) is 0 Å². The van der Waals surface area contributed by atoms with Crippen LogP contribution in [-0.2, 0) is 13.1 Å². The number of aromatic nitrogens is 1. The Morgan fingerprint density at radius 1 is 1.20 bits per heavy atom. The molecule has 0 atom stereocenters. The van der Waals surface area contributed by atoms with Crippen LogP contribution in [0.4, 0.5) is 0 Å². The van der Waals surface area contributed by atoms with Gasteiger partial charge < -0.3 is 15.2 Å². The molecule has 0 aliphatic rings. The van der Waals surface area contributed by atoms with Crippen LogP contribution in [0.2, 0.25) is 0 Å². The molecule has 0 aliphatic heterocycles. The van der Waals surface area contributed by atoms with Crippen LogP contribution in [0.15, 0.2) is 42.6 Å². The first-order chi connectivity index (χ1) is 9.69. The zero-order chi connectivity index (χ0) is 14.4. The molecule has 1 heterocycles. The minimum absolute atomic E-state index is 0.299. The van der Waals surface area contributed by atoms with E-state index in [1.165, 1.54) is 0 Å². The molecule has 2 aromatic rings. The van der Waals surface area contributed by atoms with Gasteiger partial charge in [0.2, 0.25) is 5.88 Å². The van der Waals surface area contributed by atoms with Crippen molar-refractivity contribution in [3.8, 4) is 5.88 Å². The van der Waals surface area contributed by atoms with Crippen molar-refractivity contribution in [2.45, 2.75) is 13.1 Å². The summed E-state index contributed by atoms with van der Waals surface area (Å²) in [5, 5.41) is 12.1. The van der Waals surface area contributed by atoms with Gasteiger partial charge in [-0.1, -0.05) is 12.1 Å². The Bertz CT molecular complexity index is 582. The fourth-order valence-corrected chi connectivity index (χ4v) is 1.79. The highest BCUT2D eigenvalue weighted by molar-refractivity contribution is 5.87. The summed E-state index contributed by atoms with van der Waals surface area (Å²) in [6, 6.07) is 10.6. The molecule has 0 radical (unpaired) electrons. The molecule has 0 fully saturated rings. The molecule has 0 amide bonds. The van der Waals surface area contributed by atoms with Crippen molar-refractivity contribution < 1.29 is 14.6 Å². The molecular formula is C15H16N2O3. The topological polar surface area (TPSA) is 71.5 Å². The number of nitrogens with one attached hydrogen (secondary N) is 1. The molecule has 1 aromatic carbocycles. The van der Waals surface area contributed by atoms with E-state index in [4.69, 9.17) is 9.84 Å². The highest BCUT2D eigenvalue weighted by Gasteiger charge is 2.02. The smallest absolute Gasteiger partial charge is 0.335 e. The van der Waals surface area contributed by atoms with E-state index in [0.29, 0.717) is 24.5 Å². The molecule has 0 saturated carbocycles. The molecule has 0 bridgehead atoms. The van der Waals surface area contributed by atoms with E-state index in [1.807, 2.05) is 24.3 Å². The van der Waals surface area contributed by atoms with Gasteiger partial charge in [-0.15, -0.1) is 0 Å². The van der Waals surface area contributed by atoms with Gasteiger partial charge >= 0.3 is 5.97 Å². The van der Waals surface area contributed by atoms with Crippen LogP contribution in [0.1, 0.15) is 21.5 Å². The largest absolute Gasteiger partial charge is 0.481 e. The fourth-order valence-electron chi connectivity index (χ4n) is 1.79. The molecular weight excluding hydrogens is 256 g/mol. The number of carbonyl (C=O) groups is 1. The first-order valence-electron chi connectivity index (χ1n) is 6.21. The summed E-state index contributed by atoms with van der Waals surface area (Å²) >= 11 is 0. The molecule has 0 unspecified atom stereocenters.